The van der Waals surface area contributed by atoms with E-state index in [-0.39, 0.29) is 11.5 Å². The molecule has 0 bridgehead atoms. The zero-order valence-electron chi connectivity index (χ0n) is 17.6. The lowest BCUT2D eigenvalue weighted by molar-refractivity contribution is -0.113. The Labute approximate surface area is 189 Å². The number of carbonyl (C=O) groups is 1. The molecule has 3 aromatic rings. The van der Waals surface area contributed by atoms with Crippen LogP contribution in [0.25, 0.3) is 10.2 Å². The number of aromatic nitrogens is 2. The Morgan fingerprint density at radius 2 is 2.16 bits per heavy atom. The standard InChI is InChI=1S/C23H26N4O2S2/c1-2-27-10-9-14-7-8-15(11-17(14)27)24-20(28)13-30-12-19-25-22(29)21-16-5-3-4-6-18(16)31-23(21)26-19/h7-8,11H,2-6,9-10,12-13H2,1H3,(H,24,28)(H,25,26,29). The molecule has 31 heavy (non-hydrogen) atoms. The highest BCUT2D eigenvalue weighted by Gasteiger charge is 2.20. The highest BCUT2D eigenvalue weighted by Crippen LogP contribution is 2.34. The van der Waals surface area contributed by atoms with Gasteiger partial charge in [-0.05, 0) is 62.3 Å². The van der Waals surface area contributed by atoms with E-state index >= 15 is 0 Å². The molecule has 3 heterocycles. The molecule has 2 N–H and O–H groups in total. The molecule has 6 nitrogen and oxygen atoms in total. The van der Waals surface area contributed by atoms with E-state index in [9.17, 15) is 9.59 Å². The number of carbonyl (C=O) groups excluding carboxylic acids is 1. The van der Waals surface area contributed by atoms with Gasteiger partial charge in [0, 0.05) is 29.3 Å². The molecule has 1 aliphatic carbocycles. The maximum atomic E-state index is 12.6. The van der Waals surface area contributed by atoms with Crippen LogP contribution in [0.2, 0.25) is 0 Å². The molecule has 0 saturated carbocycles. The third-order valence-corrected chi connectivity index (χ3v) is 8.22. The monoisotopic (exact) mass is 454 g/mol. The third kappa shape index (κ3) is 4.11. The summed E-state index contributed by atoms with van der Waals surface area (Å²) in [5, 5.41) is 3.78. The number of aromatic amines is 1. The number of hydrogen-bond donors (Lipinski definition) is 2. The number of likely N-dealkylation sites (N-methyl/N-ethyl adjacent to an activating group) is 1. The van der Waals surface area contributed by atoms with Gasteiger partial charge in [-0.2, -0.15) is 0 Å². The van der Waals surface area contributed by atoms with Crippen molar-refractivity contribution in [1.82, 2.24) is 9.97 Å². The summed E-state index contributed by atoms with van der Waals surface area (Å²) in [5.41, 5.74) is 4.57. The number of amides is 1. The minimum absolute atomic E-state index is 0.0388. The first-order valence-electron chi connectivity index (χ1n) is 10.9. The van der Waals surface area contributed by atoms with Gasteiger partial charge in [0.25, 0.3) is 5.56 Å². The predicted octanol–water partition coefficient (Wildman–Crippen LogP) is 4.12. The number of fused-ring (bicyclic) bond motifs is 4. The van der Waals surface area contributed by atoms with Crippen molar-refractivity contribution in [3.63, 3.8) is 0 Å². The molecule has 162 valence electrons. The minimum atomic E-state index is -0.0407. The highest BCUT2D eigenvalue weighted by atomic mass is 32.2. The summed E-state index contributed by atoms with van der Waals surface area (Å²) in [7, 11) is 0. The normalized spacial score (nSPS) is 15.2. The third-order valence-electron chi connectivity index (χ3n) is 6.09. The molecule has 1 amide bonds. The summed E-state index contributed by atoms with van der Waals surface area (Å²) in [5.74, 6) is 1.43. The second kappa shape index (κ2) is 8.67. The minimum Gasteiger partial charge on any atom is -0.371 e. The molecule has 0 spiro atoms. The van der Waals surface area contributed by atoms with Gasteiger partial charge in [-0.15, -0.1) is 23.1 Å². The van der Waals surface area contributed by atoms with E-state index in [1.807, 2.05) is 6.07 Å². The number of rotatable bonds is 6. The fourth-order valence-electron chi connectivity index (χ4n) is 4.57. The Morgan fingerprint density at radius 1 is 1.29 bits per heavy atom. The van der Waals surface area contributed by atoms with Crippen LogP contribution in [0.4, 0.5) is 11.4 Å². The Morgan fingerprint density at radius 3 is 3.03 bits per heavy atom. The molecule has 0 unspecified atom stereocenters. The Balaban J connectivity index is 1.21. The fraction of sp³-hybridized carbons (Fsp3) is 0.435. The van der Waals surface area contributed by atoms with Gasteiger partial charge in [-0.1, -0.05) is 6.07 Å². The van der Waals surface area contributed by atoms with Gasteiger partial charge in [0.1, 0.15) is 10.7 Å². The van der Waals surface area contributed by atoms with Crippen molar-refractivity contribution >= 4 is 50.6 Å². The van der Waals surface area contributed by atoms with E-state index in [1.165, 1.54) is 39.9 Å². The van der Waals surface area contributed by atoms with Crippen LogP contribution < -0.4 is 15.8 Å². The van der Waals surface area contributed by atoms with E-state index in [0.29, 0.717) is 17.3 Å². The van der Waals surface area contributed by atoms with Gasteiger partial charge in [0.05, 0.1) is 16.9 Å². The predicted molar refractivity (Wildman–Crippen MR) is 130 cm³/mol. The lowest BCUT2D eigenvalue weighted by Crippen LogP contribution is -2.19. The molecule has 1 aliphatic heterocycles. The highest BCUT2D eigenvalue weighted by molar-refractivity contribution is 7.99. The second-order valence-corrected chi connectivity index (χ2v) is 10.2. The molecule has 8 heteroatoms. The fourth-order valence-corrected chi connectivity index (χ4v) is 6.54. The Kier molecular flexibility index (Phi) is 5.75. The molecule has 5 rings (SSSR count). The summed E-state index contributed by atoms with van der Waals surface area (Å²) >= 11 is 3.12. The van der Waals surface area contributed by atoms with Crippen molar-refractivity contribution in [2.45, 2.75) is 44.8 Å². The molecule has 0 fully saturated rings. The number of benzene rings is 1. The number of thioether (sulfide) groups is 1. The molecule has 0 radical (unpaired) electrons. The van der Waals surface area contributed by atoms with Gasteiger partial charge in [-0.25, -0.2) is 4.98 Å². The van der Waals surface area contributed by atoms with Crippen molar-refractivity contribution in [2.24, 2.45) is 0 Å². The lowest BCUT2D eigenvalue weighted by atomic mass is 9.97. The van der Waals surface area contributed by atoms with Crippen LogP contribution in [-0.4, -0.2) is 34.7 Å². The van der Waals surface area contributed by atoms with Crippen molar-refractivity contribution < 1.29 is 4.79 Å². The zero-order valence-corrected chi connectivity index (χ0v) is 19.3. The SMILES string of the molecule is CCN1CCc2ccc(NC(=O)CSCc3nc4sc5c(c4c(=O)[nH]3)CCCC5)cc21. The number of aryl methyl sites for hydroxylation is 2. The van der Waals surface area contributed by atoms with Gasteiger partial charge < -0.3 is 15.2 Å². The number of anilines is 2. The first-order chi connectivity index (χ1) is 15.1. The molecular weight excluding hydrogens is 428 g/mol. The van der Waals surface area contributed by atoms with Crippen LogP contribution in [0.3, 0.4) is 0 Å². The number of H-pyrrole nitrogens is 1. The Bertz CT molecular complexity index is 1200. The van der Waals surface area contributed by atoms with Gasteiger partial charge in [0.2, 0.25) is 5.91 Å². The van der Waals surface area contributed by atoms with E-state index in [4.69, 9.17) is 0 Å². The lowest BCUT2D eigenvalue weighted by Gasteiger charge is -2.17. The first kappa shape index (κ1) is 20.6. The topological polar surface area (TPSA) is 78.1 Å². The van der Waals surface area contributed by atoms with Crippen molar-refractivity contribution in [2.75, 3.05) is 29.1 Å². The van der Waals surface area contributed by atoms with Gasteiger partial charge in [-0.3, -0.25) is 9.59 Å². The number of thiophene rings is 1. The summed E-state index contributed by atoms with van der Waals surface area (Å²) in [6.07, 6.45) is 5.43. The summed E-state index contributed by atoms with van der Waals surface area (Å²) in [6, 6.07) is 6.16. The van der Waals surface area contributed by atoms with Crippen LogP contribution >= 0.6 is 23.1 Å². The number of hydrogen-bond acceptors (Lipinski definition) is 6. The smallest absolute Gasteiger partial charge is 0.259 e. The largest absolute Gasteiger partial charge is 0.371 e. The van der Waals surface area contributed by atoms with Gasteiger partial charge in [0.15, 0.2) is 0 Å². The molecule has 0 atom stereocenters. The maximum absolute atomic E-state index is 12.6. The van der Waals surface area contributed by atoms with E-state index < -0.39 is 0 Å². The van der Waals surface area contributed by atoms with Crippen molar-refractivity contribution in [3.05, 3.63) is 50.4 Å². The van der Waals surface area contributed by atoms with Gasteiger partial charge >= 0.3 is 0 Å². The number of nitrogens with zero attached hydrogens (tertiary/aromatic N) is 2. The molecule has 1 aromatic carbocycles. The molecule has 2 aromatic heterocycles. The van der Waals surface area contributed by atoms with Crippen LogP contribution in [-0.2, 0) is 29.8 Å². The maximum Gasteiger partial charge on any atom is 0.259 e. The second-order valence-electron chi connectivity index (χ2n) is 8.12. The van der Waals surface area contributed by atoms with Crippen molar-refractivity contribution in [3.8, 4) is 0 Å². The van der Waals surface area contributed by atoms with Crippen LogP contribution in [0.15, 0.2) is 23.0 Å². The number of nitrogens with one attached hydrogen (secondary N) is 2. The average molecular weight is 455 g/mol. The summed E-state index contributed by atoms with van der Waals surface area (Å²) in [4.78, 5) is 37.2. The zero-order chi connectivity index (χ0) is 21.4. The average Bonchev–Trinajstić information content (AvgIpc) is 3.34. The van der Waals surface area contributed by atoms with E-state index in [1.54, 1.807) is 11.3 Å². The molecular formula is C23H26N4O2S2. The van der Waals surface area contributed by atoms with Crippen LogP contribution in [0, 0.1) is 0 Å². The quantitative estimate of drug-likeness (QED) is 0.586. The summed E-state index contributed by atoms with van der Waals surface area (Å²) in [6.45, 7) is 4.17. The van der Waals surface area contributed by atoms with Crippen LogP contribution in [0.5, 0.6) is 0 Å². The molecule has 0 saturated heterocycles. The molecule has 2 aliphatic rings. The van der Waals surface area contributed by atoms with E-state index in [0.717, 1.165) is 54.7 Å². The first-order valence-corrected chi connectivity index (χ1v) is 12.9. The summed E-state index contributed by atoms with van der Waals surface area (Å²) < 4.78 is 0. The van der Waals surface area contributed by atoms with Crippen molar-refractivity contribution in [1.29, 1.82) is 0 Å². The Hall–Kier alpha value is -2.32. The van der Waals surface area contributed by atoms with Crippen LogP contribution in [0.1, 0.15) is 41.6 Å². The van der Waals surface area contributed by atoms with E-state index in [2.05, 4.69) is 39.2 Å².